The zero-order chi connectivity index (χ0) is 15.4. The zero-order valence-corrected chi connectivity index (χ0v) is 12.6. The molecule has 3 nitrogen and oxygen atoms in total. The van der Waals surface area contributed by atoms with Gasteiger partial charge in [-0.2, -0.15) is 0 Å². The number of methoxy groups -OCH3 is 1. The second kappa shape index (κ2) is 6.78. The van der Waals surface area contributed by atoms with E-state index in [0.29, 0.717) is 17.8 Å². The van der Waals surface area contributed by atoms with Crippen molar-refractivity contribution in [2.45, 2.75) is 6.54 Å². The molecular weight excluding hydrogens is 316 g/mol. The SMILES string of the molecule is COC(=O)c1ccc(CNc2c(Cl)cc(F)cc2Cl)cc1. The van der Waals surface area contributed by atoms with Crippen molar-refractivity contribution in [3.05, 3.63) is 63.4 Å². The molecule has 6 heteroatoms. The van der Waals surface area contributed by atoms with Crippen LogP contribution in [0.1, 0.15) is 15.9 Å². The Morgan fingerprint density at radius 3 is 2.29 bits per heavy atom. The van der Waals surface area contributed by atoms with Gasteiger partial charge in [0.2, 0.25) is 0 Å². The standard InChI is InChI=1S/C15H12Cl2FNO2/c1-21-15(20)10-4-2-9(3-5-10)8-19-14-12(16)6-11(18)7-13(14)17/h2-7,19H,8H2,1H3. The number of carbonyl (C=O) groups is 1. The van der Waals surface area contributed by atoms with E-state index in [0.717, 1.165) is 5.56 Å². The minimum atomic E-state index is -0.488. The molecule has 2 aromatic carbocycles. The fraction of sp³-hybridized carbons (Fsp3) is 0.133. The summed E-state index contributed by atoms with van der Waals surface area (Å²) in [5.74, 6) is -0.878. The van der Waals surface area contributed by atoms with Crippen LogP contribution in [0.15, 0.2) is 36.4 Å². The molecule has 0 fully saturated rings. The highest BCUT2D eigenvalue weighted by Gasteiger charge is 2.09. The van der Waals surface area contributed by atoms with Crippen LogP contribution in [0.3, 0.4) is 0 Å². The van der Waals surface area contributed by atoms with Crippen molar-refractivity contribution in [3.63, 3.8) is 0 Å². The van der Waals surface area contributed by atoms with Gasteiger partial charge in [0.15, 0.2) is 0 Å². The van der Waals surface area contributed by atoms with Gasteiger partial charge in [0.1, 0.15) is 5.82 Å². The summed E-state index contributed by atoms with van der Waals surface area (Å²) >= 11 is 11.9. The van der Waals surface area contributed by atoms with Crippen molar-refractivity contribution in [2.24, 2.45) is 0 Å². The molecule has 0 amide bonds. The van der Waals surface area contributed by atoms with E-state index in [4.69, 9.17) is 23.2 Å². The van der Waals surface area contributed by atoms with E-state index in [1.807, 2.05) is 0 Å². The summed E-state index contributed by atoms with van der Waals surface area (Å²) < 4.78 is 17.7. The highest BCUT2D eigenvalue weighted by atomic mass is 35.5. The molecule has 0 aliphatic heterocycles. The second-order valence-electron chi connectivity index (χ2n) is 4.29. The Hall–Kier alpha value is -1.78. The number of ether oxygens (including phenoxy) is 1. The largest absolute Gasteiger partial charge is 0.465 e. The molecule has 110 valence electrons. The number of carbonyl (C=O) groups excluding carboxylic acids is 1. The van der Waals surface area contributed by atoms with Gasteiger partial charge in [0, 0.05) is 6.54 Å². The Morgan fingerprint density at radius 1 is 1.19 bits per heavy atom. The van der Waals surface area contributed by atoms with Crippen LogP contribution in [-0.4, -0.2) is 13.1 Å². The van der Waals surface area contributed by atoms with E-state index in [1.165, 1.54) is 19.2 Å². The first kappa shape index (κ1) is 15.6. The number of benzene rings is 2. The first-order valence-electron chi connectivity index (χ1n) is 6.07. The van der Waals surface area contributed by atoms with Gasteiger partial charge >= 0.3 is 5.97 Å². The Bertz CT molecular complexity index is 636. The third-order valence-electron chi connectivity index (χ3n) is 2.85. The Labute approximate surface area is 131 Å². The number of nitrogens with one attached hydrogen (secondary N) is 1. The summed E-state index contributed by atoms with van der Waals surface area (Å²) in [6.07, 6.45) is 0. The summed E-state index contributed by atoms with van der Waals surface area (Å²) in [6, 6.07) is 9.27. The van der Waals surface area contributed by atoms with Crippen molar-refractivity contribution < 1.29 is 13.9 Å². The van der Waals surface area contributed by atoms with E-state index in [2.05, 4.69) is 10.1 Å². The number of hydrogen-bond donors (Lipinski definition) is 1. The zero-order valence-electron chi connectivity index (χ0n) is 11.1. The summed E-state index contributed by atoms with van der Waals surface area (Å²) in [4.78, 5) is 11.3. The van der Waals surface area contributed by atoms with Crippen molar-refractivity contribution in [1.82, 2.24) is 0 Å². The maximum absolute atomic E-state index is 13.1. The maximum Gasteiger partial charge on any atom is 0.337 e. The minimum Gasteiger partial charge on any atom is -0.465 e. The molecule has 0 aliphatic rings. The number of hydrogen-bond acceptors (Lipinski definition) is 3. The molecular formula is C15H12Cl2FNO2. The highest BCUT2D eigenvalue weighted by molar-refractivity contribution is 6.39. The van der Waals surface area contributed by atoms with Crippen LogP contribution >= 0.6 is 23.2 Å². The molecule has 0 aromatic heterocycles. The van der Waals surface area contributed by atoms with Gasteiger partial charge in [-0.3, -0.25) is 0 Å². The van der Waals surface area contributed by atoms with Crippen LogP contribution < -0.4 is 5.32 Å². The van der Waals surface area contributed by atoms with Gasteiger partial charge < -0.3 is 10.1 Å². The predicted molar refractivity (Wildman–Crippen MR) is 81.5 cm³/mol. The maximum atomic E-state index is 13.1. The average molecular weight is 328 g/mol. The fourth-order valence-electron chi connectivity index (χ4n) is 1.78. The molecule has 1 N–H and O–H groups in total. The molecule has 0 bridgehead atoms. The first-order chi connectivity index (χ1) is 10.0. The van der Waals surface area contributed by atoms with Gasteiger partial charge in [0.25, 0.3) is 0 Å². The number of rotatable bonds is 4. The van der Waals surface area contributed by atoms with Crippen LogP contribution in [-0.2, 0) is 11.3 Å². The van der Waals surface area contributed by atoms with Gasteiger partial charge in [-0.05, 0) is 29.8 Å². The van der Waals surface area contributed by atoms with Gasteiger partial charge in [-0.15, -0.1) is 0 Å². The van der Waals surface area contributed by atoms with E-state index < -0.39 is 5.82 Å². The third kappa shape index (κ3) is 3.86. The number of halogens is 3. The van der Waals surface area contributed by atoms with Gasteiger partial charge in [-0.1, -0.05) is 35.3 Å². The molecule has 0 heterocycles. The summed E-state index contributed by atoms with van der Waals surface area (Å²) in [5, 5.41) is 3.47. The Balaban J connectivity index is 2.08. The van der Waals surface area contributed by atoms with Crippen LogP contribution in [0, 0.1) is 5.82 Å². The first-order valence-corrected chi connectivity index (χ1v) is 6.82. The van der Waals surface area contributed by atoms with Crippen LogP contribution in [0.25, 0.3) is 0 Å². The topological polar surface area (TPSA) is 38.3 Å². The smallest absolute Gasteiger partial charge is 0.337 e. The predicted octanol–water partition coefficient (Wildman–Crippen LogP) is 4.53. The molecule has 0 saturated carbocycles. The summed E-state index contributed by atoms with van der Waals surface area (Å²) in [7, 11) is 1.33. The lowest BCUT2D eigenvalue weighted by Crippen LogP contribution is -2.03. The quantitative estimate of drug-likeness (QED) is 0.838. The summed E-state index contributed by atoms with van der Waals surface area (Å²) in [5.41, 5.74) is 1.86. The van der Waals surface area contributed by atoms with Crippen molar-refractivity contribution in [3.8, 4) is 0 Å². The van der Waals surface area contributed by atoms with E-state index in [-0.39, 0.29) is 16.0 Å². The molecule has 0 saturated heterocycles. The molecule has 2 rings (SSSR count). The lowest BCUT2D eigenvalue weighted by Gasteiger charge is -2.11. The second-order valence-corrected chi connectivity index (χ2v) is 5.10. The Morgan fingerprint density at radius 2 is 1.76 bits per heavy atom. The van der Waals surface area contributed by atoms with E-state index in [9.17, 15) is 9.18 Å². The molecule has 0 spiro atoms. The van der Waals surface area contributed by atoms with Crippen molar-refractivity contribution in [1.29, 1.82) is 0 Å². The van der Waals surface area contributed by atoms with Crippen LogP contribution in [0.4, 0.5) is 10.1 Å². The van der Waals surface area contributed by atoms with E-state index >= 15 is 0 Å². The minimum absolute atomic E-state index is 0.214. The number of anilines is 1. The number of esters is 1. The highest BCUT2D eigenvalue weighted by Crippen LogP contribution is 2.31. The third-order valence-corrected chi connectivity index (χ3v) is 3.45. The Kier molecular flexibility index (Phi) is 5.04. The molecule has 21 heavy (non-hydrogen) atoms. The molecule has 0 aliphatic carbocycles. The fourth-order valence-corrected chi connectivity index (χ4v) is 2.37. The molecule has 0 radical (unpaired) electrons. The van der Waals surface area contributed by atoms with Gasteiger partial charge in [-0.25, -0.2) is 9.18 Å². The molecule has 2 aromatic rings. The lowest BCUT2D eigenvalue weighted by molar-refractivity contribution is 0.0600. The lowest BCUT2D eigenvalue weighted by atomic mass is 10.1. The van der Waals surface area contributed by atoms with E-state index in [1.54, 1.807) is 24.3 Å². The van der Waals surface area contributed by atoms with Crippen molar-refractivity contribution >= 4 is 34.9 Å². The van der Waals surface area contributed by atoms with Crippen LogP contribution in [0.5, 0.6) is 0 Å². The van der Waals surface area contributed by atoms with Crippen molar-refractivity contribution in [2.75, 3.05) is 12.4 Å². The van der Waals surface area contributed by atoms with Crippen LogP contribution in [0.2, 0.25) is 10.0 Å². The molecule has 0 unspecified atom stereocenters. The summed E-state index contributed by atoms with van der Waals surface area (Å²) in [6.45, 7) is 0.437. The average Bonchev–Trinajstić information content (AvgIpc) is 2.46. The monoisotopic (exact) mass is 327 g/mol. The molecule has 0 atom stereocenters. The van der Waals surface area contributed by atoms with Gasteiger partial charge in [0.05, 0.1) is 28.4 Å². The normalized spacial score (nSPS) is 10.3.